The van der Waals surface area contributed by atoms with E-state index in [9.17, 15) is 19.2 Å². The summed E-state index contributed by atoms with van der Waals surface area (Å²) in [6.07, 6.45) is -6.00. The normalized spacial score (nSPS) is 27.0. The molecule has 0 saturated carbocycles. The number of rotatable bonds is 8. The molecule has 0 aliphatic carbocycles. The van der Waals surface area contributed by atoms with Gasteiger partial charge >= 0.3 is 23.9 Å². The monoisotopic (exact) mass is 440 g/mol. The SMILES string of the molecule is CC(=O)OC[C@H]1O[C@H](OCC(S)S)[C@H](OC(C)=O)[C@@H](OC(C)=O)[C@H]1OC(C)=O. The summed E-state index contributed by atoms with van der Waals surface area (Å²) in [4.78, 5) is 46.0. The van der Waals surface area contributed by atoms with Crippen LogP contribution < -0.4 is 0 Å². The molecule has 0 N–H and O–H groups in total. The first-order chi connectivity index (χ1) is 13.0. The van der Waals surface area contributed by atoms with Crippen LogP contribution in [0.4, 0.5) is 0 Å². The largest absolute Gasteiger partial charge is 0.463 e. The number of carbonyl (C=O) groups is 4. The van der Waals surface area contributed by atoms with E-state index >= 15 is 0 Å². The van der Waals surface area contributed by atoms with E-state index in [1.165, 1.54) is 6.92 Å². The van der Waals surface area contributed by atoms with Crippen LogP contribution in [-0.2, 0) is 47.6 Å². The molecular formula is C16H24O10S2. The highest BCUT2D eigenvalue weighted by atomic mass is 32.2. The number of hydrogen-bond acceptors (Lipinski definition) is 12. The number of thiol groups is 2. The lowest BCUT2D eigenvalue weighted by molar-refractivity contribution is -0.307. The molecule has 0 radical (unpaired) electrons. The van der Waals surface area contributed by atoms with Gasteiger partial charge in [-0.15, -0.1) is 0 Å². The second kappa shape index (κ2) is 11.5. The highest BCUT2D eigenvalue weighted by Gasteiger charge is 2.52. The third-order valence-corrected chi connectivity index (χ3v) is 3.66. The van der Waals surface area contributed by atoms with Crippen LogP contribution in [0.2, 0.25) is 0 Å². The number of esters is 4. The predicted molar refractivity (Wildman–Crippen MR) is 99.7 cm³/mol. The Morgan fingerprint density at radius 2 is 1.32 bits per heavy atom. The molecule has 0 aromatic carbocycles. The average Bonchev–Trinajstić information content (AvgIpc) is 2.54. The van der Waals surface area contributed by atoms with Gasteiger partial charge in [-0.2, -0.15) is 25.3 Å². The summed E-state index contributed by atoms with van der Waals surface area (Å²) < 4.78 is 31.4. The maximum Gasteiger partial charge on any atom is 0.303 e. The molecule has 5 atom stereocenters. The summed E-state index contributed by atoms with van der Waals surface area (Å²) in [6, 6.07) is 0. The van der Waals surface area contributed by atoms with Crippen LogP contribution >= 0.6 is 25.3 Å². The fraction of sp³-hybridized carbons (Fsp3) is 0.750. The topological polar surface area (TPSA) is 124 Å². The zero-order valence-electron chi connectivity index (χ0n) is 15.9. The quantitative estimate of drug-likeness (QED) is 0.235. The van der Waals surface area contributed by atoms with Gasteiger partial charge in [0.1, 0.15) is 12.7 Å². The van der Waals surface area contributed by atoms with Gasteiger partial charge in [0.2, 0.25) is 0 Å². The minimum atomic E-state index is -1.26. The standard InChI is InChI=1S/C16H24O10S2/c1-7(17)21-5-11-13(23-8(2)18)14(24-9(3)19)15(25-10(4)20)16(26-11)22-6-12(27)28/h11-16,27-28H,5-6H2,1-4H3/t11-,13+,14+,15-,16+/m1/s1. The second-order valence-electron chi connectivity index (χ2n) is 5.88. The molecule has 0 amide bonds. The molecule has 0 spiro atoms. The molecule has 1 aliphatic rings. The number of ether oxygens (including phenoxy) is 6. The minimum Gasteiger partial charge on any atom is -0.463 e. The van der Waals surface area contributed by atoms with E-state index in [1.54, 1.807) is 0 Å². The molecule has 1 fully saturated rings. The van der Waals surface area contributed by atoms with Crippen molar-refractivity contribution in [2.45, 2.75) is 63.0 Å². The molecule has 12 heteroatoms. The van der Waals surface area contributed by atoms with E-state index in [4.69, 9.17) is 28.4 Å². The van der Waals surface area contributed by atoms with Crippen LogP contribution in [0, 0.1) is 0 Å². The van der Waals surface area contributed by atoms with Gasteiger partial charge in [-0.1, -0.05) is 0 Å². The molecule has 1 heterocycles. The van der Waals surface area contributed by atoms with Gasteiger partial charge in [0.15, 0.2) is 24.6 Å². The Balaban J connectivity index is 3.24. The first kappa shape index (κ1) is 24.5. The van der Waals surface area contributed by atoms with Gasteiger partial charge in [0.05, 0.1) is 11.2 Å². The van der Waals surface area contributed by atoms with Gasteiger partial charge in [0, 0.05) is 27.7 Å². The molecule has 0 aromatic rings. The Labute approximate surface area is 173 Å². The fourth-order valence-corrected chi connectivity index (χ4v) is 2.68. The van der Waals surface area contributed by atoms with Gasteiger partial charge in [-0.25, -0.2) is 0 Å². The molecule has 0 unspecified atom stereocenters. The third-order valence-electron chi connectivity index (χ3n) is 3.36. The van der Waals surface area contributed by atoms with E-state index in [0.717, 1.165) is 20.8 Å². The molecule has 1 aliphatic heterocycles. The zero-order valence-corrected chi connectivity index (χ0v) is 17.6. The molecule has 10 nitrogen and oxygen atoms in total. The minimum absolute atomic E-state index is 0.0139. The van der Waals surface area contributed by atoms with E-state index < -0.39 is 59.2 Å². The number of carbonyl (C=O) groups excluding carboxylic acids is 4. The Morgan fingerprint density at radius 1 is 0.821 bits per heavy atom. The van der Waals surface area contributed by atoms with Gasteiger partial charge < -0.3 is 28.4 Å². The molecule has 28 heavy (non-hydrogen) atoms. The van der Waals surface area contributed by atoms with Crippen molar-refractivity contribution in [3.05, 3.63) is 0 Å². The van der Waals surface area contributed by atoms with Crippen molar-refractivity contribution in [3.63, 3.8) is 0 Å². The third kappa shape index (κ3) is 8.25. The summed E-state index contributed by atoms with van der Waals surface area (Å²) in [5.74, 6) is -2.72. The van der Waals surface area contributed by atoms with Crippen molar-refractivity contribution in [1.82, 2.24) is 0 Å². The Kier molecular flexibility index (Phi) is 10.1. The van der Waals surface area contributed by atoms with Crippen molar-refractivity contribution >= 4 is 49.1 Å². The van der Waals surface area contributed by atoms with Gasteiger partial charge in [-0.3, -0.25) is 19.2 Å². The molecule has 1 saturated heterocycles. The first-order valence-electron chi connectivity index (χ1n) is 8.29. The van der Waals surface area contributed by atoms with Gasteiger partial charge in [0.25, 0.3) is 0 Å². The van der Waals surface area contributed by atoms with Crippen molar-refractivity contribution < 1.29 is 47.6 Å². The molecule has 1 rings (SSSR count). The molecule has 0 bridgehead atoms. The van der Waals surface area contributed by atoms with Crippen LogP contribution in [0.15, 0.2) is 0 Å². The highest BCUT2D eigenvalue weighted by molar-refractivity contribution is 7.99. The van der Waals surface area contributed by atoms with Crippen molar-refractivity contribution in [2.75, 3.05) is 13.2 Å². The van der Waals surface area contributed by atoms with Crippen molar-refractivity contribution in [2.24, 2.45) is 0 Å². The maximum absolute atomic E-state index is 11.6. The summed E-state index contributed by atoms with van der Waals surface area (Å²) in [5.41, 5.74) is 0. The van der Waals surface area contributed by atoms with E-state index in [1.807, 2.05) is 0 Å². The molecule has 160 valence electrons. The Hall–Kier alpha value is -1.50. The smallest absolute Gasteiger partial charge is 0.303 e. The first-order valence-corrected chi connectivity index (χ1v) is 9.32. The van der Waals surface area contributed by atoms with Crippen LogP contribution in [0.3, 0.4) is 0 Å². The van der Waals surface area contributed by atoms with E-state index in [2.05, 4.69) is 25.3 Å². The Morgan fingerprint density at radius 3 is 1.79 bits per heavy atom. The average molecular weight is 440 g/mol. The van der Waals surface area contributed by atoms with E-state index in [0.29, 0.717) is 0 Å². The summed E-state index contributed by atoms with van der Waals surface area (Å²) in [5, 5.41) is 0. The Bertz CT molecular complexity index is 582. The van der Waals surface area contributed by atoms with Crippen LogP contribution in [0.1, 0.15) is 27.7 Å². The fourth-order valence-electron chi connectivity index (χ4n) is 2.50. The summed E-state index contributed by atoms with van der Waals surface area (Å²) in [7, 11) is 0. The highest BCUT2D eigenvalue weighted by Crippen LogP contribution is 2.30. The lowest BCUT2D eigenvalue weighted by atomic mass is 9.98. The second-order valence-corrected chi connectivity index (χ2v) is 7.54. The lowest BCUT2D eigenvalue weighted by Crippen LogP contribution is -2.63. The van der Waals surface area contributed by atoms with Gasteiger partial charge in [-0.05, 0) is 0 Å². The predicted octanol–water partition coefficient (Wildman–Crippen LogP) is 0.272. The van der Waals surface area contributed by atoms with E-state index in [-0.39, 0.29) is 13.2 Å². The van der Waals surface area contributed by atoms with Crippen molar-refractivity contribution in [3.8, 4) is 0 Å². The lowest BCUT2D eigenvalue weighted by Gasteiger charge is -2.44. The van der Waals surface area contributed by atoms with Crippen LogP contribution in [0.5, 0.6) is 0 Å². The van der Waals surface area contributed by atoms with Crippen molar-refractivity contribution in [1.29, 1.82) is 0 Å². The zero-order chi connectivity index (χ0) is 21.4. The molecular weight excluding hydrogens is 416 g/mol. The van der Waals surface area contributed by atoms with Crippen LogP contribution in [-0.4, -0.2) is 72.4 Å². The summed E-state index contributed by atoms with van der Waals surface area (Å²) in [6.45, 7) is 4.29. The molecule has 0 aromatic heterocycles. The maximum atomic E-state index is 11.6. The number of hydrogen-bond donors (Lipinski definition) is 2. The summed E-state index contributed by atoms with van der Waals surface area (Å²) >= 11 is 8.16. The van der Waals surface area contributed by atoms with Crippen LogP contribution in [0.25, 0.3) is 0 Å².